The summed E-state index contributed by atoms with van der Waals surface area (Å²) in [4.78, 5) is 4.59. The van der Waals surface area contributed by atoms with E-state index in [4.69, 9.17) is 22.3 Å². The van der Waals surface area contributed by atoms with Crippen molar-refractivity contribution in [2.75, 3.05) is 7.11 Å². The van der Waals surface area contributed by atoms with E-state index in [0.717, 1.165) is 21.8 Å². The summed E-state index contributed by atoms with van der Waals surface area (Å²) in [5.41, 5.74) is 4.69. The minimum Gasteiger partial charge on any atom is -0.726 e. The molecule has 130 valence electrons. The molecular weight excluding hydrogens is 364 g/mol. The molecule has 7 nitrogen and oxygen atoms in total. The molecule has 0 bridgehead atoms. The lowest BCUT2D eigenvalue weighted by Crippen LogP contribution is -2.19. The van der Waals surface area contributed by atoms with Crippen LogP contribution < -0.4 is 9.14 Å². The van der Waals surface area contributed by atoms with E-state index in [1.54, 1.807) is 18.4 Å². The molecule has 0 aliphatic carbocycles. The summed E-state index contributed by atoms with van der Waals surface area (Å²) in [6, 6.07) is 16.5. The first-order chi connectivity index (χ1) is 11.9. The molecule has 0 spiro atoms. The number of ether oxygens (including phenoxy) is 1. The van der Waals surface area contributed by atoms with Crippen LogP contribution in [0.25, 0.3) is 27.3 Å². The highest BCUT2D eigenvalue weighted by Gasteiger charge is 2.19. The smallest absolute Gasteiger partial charge is 0.344 e. The molecule has 0 saturated heterocycles. The predicted molar refractivity (Wildman–Crippen MR) is 93.6 cm³/mol. The van der Waals surface area contributed by atoms with Crippen LogP contribution in [0.4, 0.5) is 0 Å². The van der Waals surface area contributed by atoms with Gasteiger partial charge in [-0.2, -0.15) is 4.40 Å². The van der Waals surface area contributed by atoms with Crippen molar-refractivity contribution < 1.29 is 26.7 Å². The molecule has 0 aliphatic rings. The fourth-order valence-electron chi connectivity index (χ4n) is 2.52. The monoisotopic (exact) mass is 378 g/mol. The molecule has 0 fully saturated rings. The van der Waals surface area contributed by atoms with Crippen LogP contribution in [0, 0.1) is 0 Å². The fraction of sp³-hybridized carbons (Fsp3) is 0.0625. The summed E-state index contributed by atoms with van der Waals surface area (Å²) in [5.74, 6) is 0.877. The Morgan fingerprint density at radius 2 is 1.92 bits per heavy atom. The van der Waals surface area contributed by atoms with E-state index >= 15 is 0 Å². The summed E-state index contributed by atoms with van der Waals surface area (Å²) >= 11 is 1.71. The number of hydrogen-bond acceptors (Lipinski definition) is 5. The van der Waals surface area contributed by atoms with Gasteiger partial charge in [-0.1, -0.05) is 35.6 Å². The number of imidazole rings is 1. The lowest BCUT2D eigenvalue weighted by molar-refractivity contribution is -0.463. The predicted octanol–water partition coefficient (Wildman–Crippen LogP) is 2.65. The van der Waals surface area contributed by atoms with E-state index in [9.17, 15) is 0 Å². The van der Waals surface area contributed by atoms with Crippen LogP contribution in [0.5, 0.6) is 5.75 Å². The van der Waals surface area contributed by atoms with Crippen molar-refractivity contribution in [2.24, 2.45) is 0 Å². The van der Waals surface area contributed by atoms with Crippen molar-refractivity contribution in [3.63, 3.8) is 0 Å². The van der Waals surface area contributed by atoms with Crippen LogP contribution in [-0.4, -0.2) is 29.6 Å². The van der Waals surface area contributed by atoms with Gasteiger partial charge < -0.3 is 9.29 Å². The van der Waals surface area contributed by atoms with Gasteiger partial charge in [0.1, 0.15) is 5.75 Å². The Morgan fingerprint density at radius 1 is 1.20 bits per heavy atom. The molecule has 0 amide bonds. The number of para-hydroxylation sites is 2. The Labute approximate surface area is 147 Å². The van der Waals surface area contributed by atoms with Crippen LogP contribution in [0.2, 0.25) is 0 Å². The van der Waals surface area contributed by atoms with Crippen LogP contribution in [0.3, 0.4) is 0 Å². The second-order valence-corrected chi connectivity index (χ2v) is 6.78. The molecule has 2 aromatic heterocycles. The zero-order valence-corrected chi connectivity index (χ0v) is 14.7. The normalized spacial score (nSPS) is 11.3. The Balaban J connectivity index is 0.000000324. The van der Waals surface area contributed by atoms with Crippen LogP contribution in [0.1, 0.15) is 0 Å². The molecule has 0 aliphatic heterocycles. The lowest BCUT2D eigenvalue weighted by atomic mass is 10.1. The van der Waals surface area contributed by atoms with Crippen molar-refractivity contribution in [1.29, 1.82) is 0 Å². The summed E-state index contributed by atoms with van der Waals surface area (Å²) in [7, 11) is -3.22. The summed E-state index contributed by atoms with van der Waals surface area (Å²) in [5, 5.41) is 2.17. The number of aromatic nitrogens is 2. The maximum Gasteiger partial charge on any atom is 0.344 e. The molecule has 0 saturated carbocycles. The third-order valence-electron chi connectivity index (χ3n) is 3.48. The van der Waals surface area contributed by atoms with E-state index in [2.05, 4.69) is 45.1 Å². The number of nitrogens with one attached hydrogen (secondary N) is 1. The third-order valence-corrected chi connectivity index (χ3v) is 4.33. The minimum absolute atomic E-state index is 0.877. The average molecular weight is 378 g/mol. The molecule has 0 radical (unpaired) electrons. The second kappa shape index (κ2) is 6.81. The zero-order valence-electron chi connectivity index (χ0n) is 13.0. The maximum absolute atomic E-state index is 8.63. The maximum atomic E-state index is 8.63. The van der Waals surface area contributed by atoms with Gasteiger partial charge in [0.25, 0.3) is 0 Å². The highest BCUT2D eigenvalue weighted by Crippen LogP contribution is 2.26. The van der Waals surface area contributed by atoms with Crippen LogP contribution in [0.15, 0.2) is 53.9 Å². The number of H-pyrrole nitrogens is 1. The molecule has 0 atom stereocenters. The topological polar surface area (TPSA) is 107 Å². The molecule has 2 N–H and O–H groups in total. The van der Waals surface area contributed by atoms with Crippen molar-refractivity contribution in [2.45, 2.75) is 0 Å². The molecule has 4 rings (SSSR count). The van der Waals surface area contributed by atoms with Crippen molar-refractivity contribution in [3.05, 3.63) is 53.9 Å². The SMILES string of the molecule is COc1cccc(-c2csc3[nH]c4ccccc4[n+]23)c1.O=S(=O)([O-])O. The van der Waals surface area contributed by atoms with Gasteiger partial charge in [-0.25, -0.2) is 13.4 Å². The molecule has 0 unspecified atom stereocenters. The largest absolute Gasteiger partial charge is 0.726 e. The van der Waals surface area contributed by atoms with Gasteiger partial charge in [0.05, 0.1) is 7.11 Å². The van der Waals surface area contributed by atoms with E-state index < -0.39 is 10.4 Å². The third kappa shape index (κ3) is 3.97. The quantitative estimate of drug-likeness (QED) is 0.317. The number of aromatic amines is 1. The summed E-state index contributed by atoms with van der Waals surface area (Å²) < 4.78 is 40.4. The van der Waals surface area contributed by atoms with Gasteiger partial charge in [-0.3, -0.25) is 4.55 Å². The number of thiazole rings is 1. The molecule has 9 heteroatoms. The average Bonchev–Trinajstić information content (AvgIpc) is 3.12. The minimum atomic E-state index is -4.92. The fourth-order valence-corrected chi connectivity index (χ4v) is 3.46. The van der Waals surface area contributed by atoms with E-state index in [-0.39, 0.29) is 0 Å². The summed E-state index contributed by atoms with van der Waals surface area (Å²) in [6.45, 7) is 0. The molecule has 25 heavy (non-hydrogen) atoms. The number of nitrogens with zero attached hydrogens (tertiary/aromatic N) is 1. The molecule has 4 aromatic rings. The molecule has 2 heterocycles. The molecule has 2 aromatic carbocycles. The van der Waals surface area contributed by atoms with Gasteiger partial charge in [0.15, 0.2) is 16.7 Å². The first-order valence-corrected chi connectivity index (χ1v) is 9.34. The first-order valence-electron chi connectivity index (χ1n) is 7.09. The Bertz CT molecular complexity index is 1120. The Morgan fingerprint density at radius 3 is 2.64 bits per heavy atom. The standard InChI is InChI=1S/C16H12N2OS.H2O4S/c1-19-12-6-4-5-11(9-12)15-10-20-16-17-13-7-2-3-8-14(13)18(15)16;1-5(2,3)4/h2-10H,1H3;(H2,1,2,3,4). The number of benzene rings is 2. The summed E-state index contributed by atoms with van der Waals surface area (Å²) in [6.07, 6.45) is 0. The van der Waals surface area contributed by atoms with Crippen molar-refractivity contribution >= 4 is 37.7 Å². The van der Waals surface area contributed by atoms with Gasteiger partial charge in [-0.05, 0) is 24.3 Å². The van der Waals surface area contributed by atoms with Gasteiger partial charge in [0, 0.05) is 10.9 Å². The number of methoxy groups -OCH3 is 1. The van der Waals surface area contributed by atoms with Crippen LogP contribution >= 0.6 is 11.3 Å². The number of fused-ring (bicyclic) bond motifs is 3. The Kier molecular flexibility index (Phi) is 4.73. The highest BCUT2D eigenvalue weighted by atomic mass is 32.3. The zero-order chi connectivity index (χ0) is 18.0. The number of hydrogen-bond donors (Lipinski definition) is 2. The highest BCUT2D eigenvalue weighted by molar-refractivity contribution is 7.79. The van der Waals surface area contributed by atoms with E-state index in [0.29, 0.717) is 0 Å². The Hall–Kier alpha value is -2.46. The van der Waals surface area contributed by atoms with Crippen molar-refractivity contribution in [1.82, 2.24) is 4.98 Å². The van der Waals surface area contributed by atoms with Crippen molar-refractivity contribution in [3.8, 4) is 17.0 Å². The van der Waals surface area contributed by atoms with Gasteiger partial charge in [0.2, 0.25) is 10.4 Å². The first kappa shape index (κ1) is 17.4. The lowest BCUT2D eigenvalue weighted by Gasteiger charge is -2.01. The van der Waals surface area contributed by atoms with E-state index in [1.807, 2.05) is 18.2 Å². The van der Waals surface area contributed by atoms with Crippen LogP contribution in [-0.2, 0) is 10.4 Å². The number of rotatable bonds is 2. The van der Waals surface area contributed by atoms with Gasteiger partial charge in [-0.15, -0.1) is 0 Å². The van der Waals surface area contributed by atoms with Gasteiger partial charge >= 0.3 is 4.96 Å². The second-order valence-electron chi connectivity index (χ2n) is 5.06. The van der Waals surface area contributed by atoms with E-state index in [1.165, 1.54) is 11.2 Å². The molecular formula is C16H14N2O5S2.